The molecule has 140 valence electrons. The summed E-state index contributed by atoms with van der Waals surface area (Å²) in [6.45, 7) is 6.16. The van der Waals surface area contributed by atoms with Crippen LogP contribution in [0.25, 0.3) is 0 Å². The van der Waals surface area contributed by atoms with E-state index < -0.39 is 0 Å². The van der Waals surface area contributed by atoms with Crippen LogP contribution in [-0.4, -0.2) is 40.2 Å². The van der Waals surface area contributed by atoms with Crippen molar-refractivity contribution in [3.05, 3.63) is 47.6 Å². The molecular weight excluding hydrogens is 332 g/mol. The summed E-state index contributed by atoms with van der Waals surface area (Å²) in [5.41, 5.74) is 1.11. The Balaban J connectivity index is 1.44. The van der Waals surface area contributed by atoms with Gasteiger partial charge in [-0.05, 0) is 32.3 Å². The van der Waals surface area contributed by atoms with Crippen LogP contribution in [0.2, 0.25) is 0 Å². The number of nitrogens with zero attached hydrogens (tertiary/aromatic N) is 3. The Kier molecular flexibility index (Phi) is 6.22. The third-order valence-electron chi connectivity index (χ3n) is 4.38. The molecule has 2 aromatic rings. The zero-order valence-corrected chi connectivity index (χ0v) is 15.4. The van der Waals surface area contributed by atoms with Crippen molar-refractivity contribution >= 4 is 6.03 Å². The van der Waals surface area contributed by atoms with Crippen molar-refractivity contribution in [3.8, 4) is 0 Å². The van der Waals surface area contributed by atoms with Crippen LogP contribution < -0.4 is 5.32 Å². The topological polar surface area (TPSA) is 80.5 Å². The van der Waals surface area contributed by atoms with Crippen molar-refractivity contribution in [3.63, 3.8) is 0 Å². The number of likely N-dealkylation sites (tertiary alicyclic amines) is 1. The van der Waals surface area contributed by atoms with Crippen LogP contribution in [0.5, 0.6) is 0 Å². The van der Waals surface area contributed by atoms with Crippen LogP contribution in [-0.2, 0) is 18.0 Å². The summed E-state index contributed by atoms with van der Waals surface area (Å²) in [7, 11) is 0. The molecule has 26 heavy (non-hydrogen) atoms. The monoisotopic (exact) mass is 358 g/mol. The van der Waals surface area contributed by atoms with Crippen LogP contribution in [0.15, 0.2) is 34.9 Å². The molecule has 7 nitrogen and oxygen atoms in total. The fraction of sp³-hybridized carbons (Fsp3) is 0.526. The third-order valence-corrected chi connectivity index (χ3v) is 4.38. The van der Waals surface area contributed by atoms with E-state index in [1.807, 2.05) is 49.1 Å². The summed E-state index contributed by atoms with van der Waals surface area (Å²) in [5.74, 6) is 1.44. The smallest absolute Gasteiger partial charge is 0.317 e. The second-order valence-electron chi connectivity index (χ2n) is 6.89. The number of aromatic nitrogens is 2. The van der Waals surface area contributed by atoms with E-state index in [4.69, 9.17) is 9.26 Å². The molecule has 0 unspecified atom stereocenters. The van der Waals surface area contributed by atoms with E-state index in [0.29, 0.717) is 38.0 Å². The van der Waals surface area contributed by atoms with E-state index in [9.17, 15) is 4.79 Å². The quantitative estimate of drug-likeness (QED) is 0.858. The number of urea groups is 1. The maximum absolute atomic E-state index is 12.0. The van der Waals surface area contributed by atoms with E-state index in [2.05, 4.69) is 15.5 Å². The maximum atomic E-state index is 12.0. The Labute approximate surface area is 153 Å². The highest BCUT2D eigenvalue weighted by Crippen LogP contribution is 2.26. The Morgan fingerprint density at radius 2 is 2.00 bits per heavy atom. The molecule has 1 aromatic carbocycles. The van der Waals surface area contributed by atoms with Crippen molar-refractivity contribution in [1.29, 1.82) is 0 Å². The first kappa shape index (κ1) is 18.4. The van der Waals surface area contributed by atoms with E-state index >= 15 is 0 Å². The fourth-order valence-electron chi connectivity index (χ4n) is 3.00. The van der Waals surface area contributed by atoms with Crippen LogP contribution in [0.3, 0.4) is 0 Å². The molecule has 1 aliphatic rings. The summed E-state index contributed by atoms with van der Waals surface area (Å²) >= 11 is 0. The lowest BCUT2D eigenvalue weighted by Crippen LogP contribution is -2.46. The predicted octanol–water partition coefficient (Wildman–Crippen LogP) is 3.08. The molecule has 0 spiro atoms. The Morgan fingerprint density at radius 1 is 1.27 bits per heavy atom. The average molecular weight is 358 g/mol. The van der Waals surface area contributed by atoms with Gasteiger partial charge in [-0.2, -0.15) is 4.98 Å². The van der Waals surface area contributed by atoms with Crippen LogP contribution >= 0.6 is 0 Å². The molecule has 7 heteroatoms. The number of hydrogen-bond acceptors (Lipinski definition) is 5. The first-order valence-corrected chi connectivity index (χ1v) is 9.11. The van der Waals surface area contributed by atoms with Gasteiger partial charge < -0.3 is 19.5 Å². The van der Waals surface area contributed by atoms with Gasteiger partial charge in [0.25, 0.3) is 5.89 Å². The maximum Gasteiger partial charge on any atom is 0.317 e. The average Bonchev–Trinajstić information content (AvgIpc) is 3.11. The molecule has 2 heterocycles. The number of benzene rings is 1. The van der Waals surface area contributed by atoms with Gasteiger partial charge in [-0.15, -0.1) is 0 Å². The lowest BCUT2D eigenvalue weighted by Gasteiger charge is -2.31. The number of hydrogen-bond donors (Lipinski definition) is 1. The van der Waals surface area contributed by atoms with Gasteiger partial charge in [0.15, 0.2) is 5.82 Å². The number of carbonyl (C=O) groups excluding carboxylic acids is 1. The molecule has 0 saturated carbocycles. The normalized spacial score (nSPS) is 15.4. The molecule has 1 aromatic heterocycles. The van der Waals surface area contributed by atoms with Crippen LogP contribution in [0, 0.1) is 0 Å². The second kappa shape index (κ2) is 8.80. The Bertz CT molecular complexity index is 694. The van der Waals surface area contributed by atoms with Crippen LogP contribution in [0.1, 0.15) is 49.9 Å². The van der Waals surface area contributed by atoms with E-state index in [1.54, 1.807) is 0 Å². The minimum atomic E-state index is 0.00145. The molecule has 0 bridgehead atoms. The number of carbonyl (C=O) groups is 1. The Morgan fingerprint density at radius 3 is 2.69 bits per heavy atom. The zero-order chi connectivity index (χ0) is 18.4. The van der Waals surface area contributed by atoms with Crippen LogP contribution in [0.4, 0.5) is 4.79 Å². The molecule has 1 saturated heterocycles. The number of piperidine rings is 1. The zero-order valence-electron chi connectivity index (χ0n) is 15.4. The first-order valence-electron chi connectivity index (χ1n) is 9.11. The highest BCUT2D eigenvalue weighted by molar-refractivity contribution is 5.74. The molecule has 1 fully saturated rings. The van der Waals surface area contributed by atoms with E-state index in [-0.39, 0.29) is 18.0 Å². The minimum absolute atomic E-state index is 0.00145. The highest BCUT2D eigenvalue weighted by Gasteiger charge is 2.27. The highest BCUT2D eigenvalue weighted by atomic mass is 16.5. The fourth-order valence-corrected chi connectivity index (χ4v) is 3.00. The van der Waals surface area contributed by atoms with Crippen molar-refractivity contribution in [2.75, 3.05) is 13.1 Å². The lowest BCUT2D eigenvalue weighted by atomic mass is 9.96. The largest absolute Gasteiger partial charge is 0.367 e. The van der Waals surface area contributed by atoms with Crippen molar-refractivity contribution in [2.45, 2.75) is 51.9 Å². The van der Waals surface area contributed by atoms with E-state index in [0.717, 1.165) is 18.4 Å². The standard InChI is InChI=1S/C19H26N4O3/c1-14(2)20-19(24)23-10-8-16(9-11-23)18-21-17(26-22-18)13-25-12-15-6-4-3-5-7-15/h3-7,14,16H,8-13H2,1-2H3,(H,20,24). The lowest BCUT2D eigenvalue weighted by molar-refractivity contribution is 0.0850. The van der Waals surface area contributed by atoms with E-state index in [1.165, 1.54) is 0 Å². The minimum Gasteiger partial charge on any atom is -0.367 e. The first-order chi connectivity index (χ1) is 12.6. The van der Waals surface area contributed by atoms with Gasteiger partial charge in [0, 0.05) is 25.0 Å². The molecular formula is C19H26N4O3. The molecule has 0 aliphatic carbocycles. The number of rotatable bonds is 6. The van der Waals surface area contributed by atoms with Gasteiger partial charge in [0.1, 0.15) is 6.61 Å². The van der Waals surface area contributed by atoms with Gasteiger partial charge in [-0.25, -0.2) is 4.79 Å². The van der Waals surface area contributed by atoms with Gasteiger partial charge in [0.05, 0.1) is 6.61 Å². The van der Waals surface area contributed by atoms with Gasteiger partial charge in [-0.3, -0.25) is 0 Å². The number of nitrogens with one attached hydrogen (secondary N) is 1. The molecule has 3 rings (SSSR count). The summed E-state index contributed by atoms with van der Waals surface area (Å²) < 4.78 is 10.9. The number of ether oxygens (including phenoxy) is 1. The summed E-state index contributed by atoms with van der Waals surface area (Å²) in [4.78, 5) is 18.3. The van der Waals surface area contributed by atoms with Gasteiger partial charge in [0.2, 0.25) is 0 Å². The summed E-state index contributed by atoms with van der Waals surface area (Å²) in [6.07, 6.45) is 1.69. The second-order valence-corrected chi connectivity index (χ2v) is 6.89. The molecule has 1 N–H and O–H groups in total. The predicted molar refractivity (Wildman–Crippen MR) is 96.4 cm³/mol. The van der Waals surface area contributed by atoms with Gasteiger partial charge >= 0.3 is 6.03 Å². The van der Waals surface area contributed by atoms with Gasteiger partial charge in [-0.1, -0.05) is 35.5 Å². The molecule has 2 amide bonds. The SMILES string of the molecule is CC(C)NC(=O)N1CCC(c2noc(COCc3ccccc3)n2)CC1. The number of amides is 2. The molecule has 0 radical (unpaired) electrons. The summed E-state index contributed by atoms with van der Waals surface area (Å²) in [5, 5.41) is 7.03. The molecule has 0 atom stereocenters. The Hall–Kier alpha value is -2.41. The van der Waals surface area contributed by atoms with Crippen molar-refractivity contribution in [2.24, 2.45) is 0 Å². The van der Waals surface area contributed by atoms with Crippen molar-refractivity contribution in [1.82, 2.24) is 20.4 Å². The third kappa shape index (κ3) is 5.05. The summed E-state index contributed by atoms with van der Waals surface area (Å²) in [6, 6.07) is 10.1. The van der Waals surface area contributed by atoms with Crippen molar-refractivity contribution < 1.29 is 14.1 Å². The molecule has 1 aliphatic heterocycles.